The SMILES string of the molecule is C[C@]12CC[C@H]3[C@@H](CC[C@@H]4CCCC[C@@H]43)[C@@H]1CC[C@@H]2C(=O)O. The van der Waals surface area contributed by atoms with Crippen molar-refractivity contribution in [2.45, 2.75) is 71.1 Å². The first-order valence-electron chi connectivity index (χ1n) is 9.34. The van der Waals surface area contributed by atoms with Crippen molar-refractivity contribution >= 4 is 5.97 Å². The fourth-order valence-electron chi connectivity index (χ4n) is 7.23. The van der Waals surface area contributed by atoms with E-state index in [1.807, 2.05) is 0 Å². The van der Waals surface area contributed by atoms with Gasteiger partial charge in [-0.25, -0.2) is 0 Å². The molecule has 1 N–H and O–H groups in total. The summed E-state index contributed by atoms with van der Waals surface area (Å²) in [5.41, 5.74) is 0.106. The number of carbonyl (C=O) groups is 1. The van der Waals surface area contributed by atoms with Crippen molar-refractivity contribution in [2.24, 2.45) is 40.9 Å². The molecule has 2 nitrogen and oxygen atoms in total. The summed E-state index contributed by atoms with van der Waals surface area (Å²) < 4.78 is 0. The highest BCUT2D eigenvalue weighted by molar-refractivity contribution is 5.71. The number of hydrogen-bond acceptors (Lipinski definition) is 1. The molecule has 0 spiro atoms. The van der Waals surface area contributed by atoms with E-state index in [9.17, 15) is 9.90 Å². The van der Waals surface area contributed by atoms with Crippen molar-refractivity contribution in [1.29, 1.82) is 0 Å². The summed E-state index contributed by atoms with van der Waals surface area (Å²) in [7, 11) is 0. The van der Waals surface area contributed by atoms with E-state index in [0.29, 0.717) is 5.92 Å². The normalized spacial score (nSPS) is 52.6. The summed E-state index contributed by atoms with van der Waals surface area (Å²) in [4.78, 5) is 11.6. The van der Waals surface area contributed by atoms with Gasteiger partial charge in [0.05, 0.1) is 5.92 Å². The molecule has 0 amide bonds. The van der Waals surface area contributed by atoms with Gasteiger partial charge in [-0.05, 0) is 80.0 Å². The molecule has 0 radical (unpaired) electrons. The molecule has 7 atom stereocenters. The summed E-state index contributed by atoms with van der Waals surface area (Å²) in [6.07, 6.45) is 13.3. The van der Waals surface area contributed by atoms with E-state index in [0.717, 1.165) is 30.1 Å². The minimum absolute atomic E-state index is 0.0625. The number of carboxylic acids is 1. The van der Waals surface area contributed by atoms with Gasteiger partial charge in [0.2, 0.25) is 0 Å². The molecule has 0 heterocycles. The Labute approximate surface area is 128 Å². The first-order chi connectivity index (χ1) is 10.1. The lowest BCUT2D eigenvalue weighted by Gasteiger charge is -2.55. The molecule has 0 saturated heterocycles. The van der Waals surface area contributed by atoms with Crippen LogP contribution in [0.4, 0.5) is 0 Å². The highest BCUT2D eigenvalue weighted by Gasteiger charge is 2.58. The van der Waals surface area contributed by atoms with Crippen LogP contribution in [0, 0.1) is 40.9 Å². The third kappa shape index (κ3) is 2.00. The summed E-state index contributed by atoms with van der Waals surface area (Å²) in [5.74, 6) is 3.92. The van der Waals surface area contributed by atoms with Crippen LogP contribution in [0.5, 0.6) is 0 Å². The predicted molar refractivity (Wildman–Crippen MR) is 82.9 cm³/mol. The van der Waals surface area contributed by atoms with Crippen molar-refractivity contribution in [3.8, 4) is 0 Å². The fraction of sp³-hybridized carbons (Fsp3) is 0.947. The standard InChI is InChI=1S/C19H30O2/c1-19-11-10-14-13-5-3-2-4-12(13)6-7-15(14)16(19)8-9-17(19)18(20)21/h12-17H,2-11H2,1H3,(H,20,21)/t12-,13-,14+,15+,16-,17+,19-/m0/s1. The maximum atomic E-state index is 11.6. The van der Waals surface area contributed by atoms with Gasteiger partial charge >= 0.3 is 5.97 Å². The van der Waals surface area contributed by atoms with Crippen LogP contribution >= 0.6 is 0 Å². The minimum Gasteiger partial charge on any atom is -0.481 e. The van der Waals surface area contributed by atoms with Crippen molar-refractivity contribution in [3.05, 3.63) is 0 Å². The highest BCUT2D eigenvalue weighted by atomic mass is 16.4. The van der Waals surface area contributed by atoms with Crippen LogP contribution in [0.15, 0.2) is 0 Å². The number of carboxylic acid groups (broad SMARTS) is 1. The predicted octanol–water partition coefficient (Wildman–Crippen LogP) is 4.73. The van der Waals surface area contributed by atoms with Gasteiger partial charge in [0.1, 0.15) is 0 Å². The Bertz CT molecular complexity index is 431. The average molecular weight is 290 g/mol. The number of hydrogen-bond donors (Lipinski definition) is 1. The lowest BCUT2D eigenvalue weighted by Crippen LogP contribution is -2.48. The third-order valence-corrected chi connectivity index (χ3v) is 8.18. The molecule has 0 aromatic heterocycles. The molecule has 4 saturated carbocycles. The van der Waals surface area contributed by atoms with E-state index < -0.39 is 5.97 Å². The first kappa shape index (κ1) is 14.1. The Morgan fingerprint density at radius 1 is 0.905 bits per heavy atom. The molecule has 2 heteroatoms. The zero-order chi connectivity index (χ0) is 14.6. The van der Waals surface area contributed by atoms with Crippen LogP contribution in [0.2, 0.25) is 0 Å². The molecule has 4 rings (SSSR count). The number of fused-ring (bicyclic) bond motifs is 5. The molecular weight excluding hydrogens is 260 g/mol. The Kier molecular flexibility index (Phi) is 3.35. The van der Waals surface area contributed by atoms with Crippen LogP contribution in [-0.4, -0.2) is 11.1 Å². The fourth-order valence-corrected chi connectivity index (χ4v) is 7.23. The second-order valence-corrected chi connectivity index (χ2v) is 8.73. The van der Waals surface area contributed by atoms with Gasteiger partial charge in [0.25, 0.3) is 0 Å². The van der Waals surface area contributed by atoms with Gasteiger partial charge in [-0.2, -0.15) is 0 Å². The van der Waals surface area contributed by atoms with Crippen molar-refractivity contribution in [3.63, 3.8) is 0 Å². The van der Waals surface area contributed by atoms with E-state index in [-0.39, 0.29) is 11.3 Å². The zero-order valence-corrected chi connectivity index (χ0v) is 13.4. The van der Waals surface area contributed by atoms with E-state index in [4.69, 9.17) is 0 Å². The number of rotatable bonds is 1. The molecule has 4 aliphatic carbocycles. The van der Waals surface area contributed by atoms with Gasteiger partial charge < -0.3 is 5.11 Å². The molecule has 0 aromatic rings. The lowest BCUT2D eigenvalue weighted by molar-refractivity contribution is -0.149. The molecule has 4 aliphatic rings. The molecule has 0 aliphatic heterocycles. The summed E-state index contributed by atoms with van der Waals surface area (Å²) >= 11 is 0. The lowest BCUT2D eigenvalue weighted by atomic mass is 9.50. The Morgan fingerprint density at radius 2 is 1.71 bits per heavy atom. The molecule has 0 bridgehead atoms. The van der Waals surface area contributed by atoms with E-state index in [1.54, 1.807) is 0 Å². The average Bonchev–Trinajstić information content (AvgIpc) is 2.84. The summed E-state index contributed by atoms with van der Waals surface area (Å²) in [5, 5.41) is 9.60. The number of aliphatic carboxylic acids is 1. The molecule has 0 aromatic carbocycles. The van der Waals surface area contributed by atoms with Crippen molar-refractivity contribution < 1.29 is 9.90 Å². The Hall–Kier alpha value is -0.530. The molecular formula is C19H30O2. The Morgan fingerprint density at radius 3 is 2.52 bits per heavy atom. The van der Waals surface area contributed by atoms with Gasteiger partial charge in [-0.3, -0.25) is 4.79 Å². The molecule has 4 fully saturated rings. The van der Waals surface area contributed by atoms with E-state index in [1.165, 1.54) is 57.8 Å². The van der Waals surface area contributed by atoms with Crippen LogP contribution < -0.4 is 0 Å². The van der Waals surface area contributed by atoms with Crippen LogP contribution in [0.3, 0.4) is 0 Å². The monoisotopic (exact) mass is 290 g/mol. The smallest absolute Gasteiger partial charge is 0.307 e. The Balaban J connectivity index is 1.59. The first-order valence-corrected chi connectivity index (χ1v) is 9.34. The molecule has 21 heavy (non-hydrogen) atoms. The van der Waals surface area contributed by atoms with Gasteiger partial charge in [-0.1, -0.05) is 26.2 Å². The summed E-state index contributed by atoms with van der Waals surface area (Å²) in [6.45, 7) is 2.31. The maximum Gasteiger partial charge on any atom is 0.307 e. The quantitative estimate of drug-likeness (QED) is 0.758. The second kappa shape index (κ2) is 4.99. The van der Waals surface area contributed by atoms with Crippen LogP contribution in [0.25, 0.3) is 0 Å². The third-order valence-electron chi connectivity index (χ3n) is 8.18. The zero-order valence-electron chi connectivity index (χ0n) is 13.4. The van der Waals surface area contributed by atoms with Gasteiger partial charge in [0.15, 0.2) is 0 Å². The van der Waals surface area contributed by atoms with Gasteiger partial charge in [-0.15, -0.1) is 0 Å². The van der Waals surface area contributed by atoms with Crippen molar-refractivity contribution in [2.75, 3.05) is 0 Å². The molecule has 0 unspecified atom stereocenters. The van der Waals surface area contributed by atoms with Gasteiger partial charge in [0, 0.05) is 0 Å². The topological polar surface area (TPSA) is 37.3 Å². The minimum atomic E-state index is -0.523. The van der Waals surface area contributed by atoms with E-state index in [2.05, 4.69) is 6.92 Å². The maximum absolute atomic E-state index is 11.6. The largest absolute Gasteiger partial charge is 0.481 e. The molecule has 118 valence electrons. The van der Waals surface area contributed by atoms with Crippen LogP contribution in [0.1, 0.15) is 71.1 Å². The van der Waals surface area contributed by atoms with Crippen LogP contribution in [-0.2, 0) is 4.79 Å². The van der Waals surface area contributed by atoms with E-state index >= 15 is 0 Å². The second-order valence-electron chi connectivity index (χ2n) is 8.73. The van der Waals surface area contributed by atoms with Crippen molar-refractivity contribution in [1.82, 2.24) is 0 Å². The highest BCUT2D eigenvalue weighted by Crippen LogP contribution is 2.64. The summed E-state index contributed by atoms with van der Waals surface area (Å²) in [6, 6.07) is 0.